The average molecular weight is 234 g/mol. The minimum absolute atomic E-state index is 0. The smallest absolute Gasteiger partial charge is 0.652 e. The van der Waals surface area contributed by atoms with Gasteiger partial charge in [-0.2, -0.15) is 0 Å². The molecule has 5 nitrogen and oxygen atoms in total. The van der Waals surface area contributed by atoms with Crippen LogP contribution in [0.5, 0.6) is 0 Å². The summed E-state index contributed by atoms with van der Waals surface area (Å²) in [5, 5.41) is 16.7. The summed E-state index contributed by atoms with van der Waals surface area (Å²) in [5.74, 6) is 0. The SMILES string of the molecule is C[n+]1ccn(Cc2ccccc2)c1.O=C([O-])[O-].[H+]. The summed E-state index contributed by atoms with van der Waals surface area (Å²) in [4.78, 5) is 8.33. The number of carboxylic acid groups (broad SMARTS) is 2. The van der Waals surface area contributed by atoms with Crippen molar-refractivity contribution in [3.8, 4) is 0 Å². The highest BCUT2D eigenvalue weighted by Gasteiger charge is 1.99. The van der Waals surface area contributed by atoms with Gasteiger partial charge in [0.05, 0.1) is 7.05 Å². The summed E-state index contributed by atoms with van der Waals surface area (Å²) in [6, 6.07) is 10.5. The van der Waals surface area contributed by atoms with Crippen LogP contribution in [0.2, 0.25) is 0 Å². The lowest BCUT2D eigenvalue weighted by Gasteiger charge is -1.96. The number of aromatic nitrogens is 2. The molecule has 0 radical (unpaired) electrons. The third kappa shape index (κ3) is 5.36. The van der Waals surface area contributed by atoms with E-state index >= 15 is 0 Å². The quantitative estimate of drug-likeness (QED) is 0.627. The first-order valence-corrected chi connectivity index (χ1v) is 5.01. The fourth-order valence-electron chi connectivity index (χ4n) is 1.39. The lowest BCUT2D eigenvalue weighted by molar-refractivity contribution is -0.671. The third-order valence-electron chi connectivity index (χ3n) is 2.03. The van der Waals surface area contributed by atoms with Crippen molar-refractivity contribution in [2.24, 2.45) is 7.05 Å². The van der Waals surface area contributed by atoms with Crippen LogP contribution in [0.1, 0.15) is 6.99 Å². The summed E-state index contributed by atoms with van der Waals surface area (Å²) in [6.45, 7) is 0.946. The monoisotopic (exact) mass is 234 g/mol. The molecule has 0 spiro atoms. The van der Waals surface area contributed by atoms with Crippen LogP contribution in [0.15, 0.2) is 49.1 Å². The fourth-order valence-corrected chi connectivity index (χ4v) is 1.39. The number of benzene rings is 1. The van der Waals surface area contributed by atoms with Gasteiger partial charge < -0.3 is 15.0 Å². The molecule has 0 aliphatic heterocycles. The van der Waals surface area contributed by atoms with Crippen molar-refractivity contribution in [3.05, 3.63) is 54.6 Å². The Labute approximate surface area is 101 Å². The number of nitrogens with zero attached hydrogens (tertiary/aromatic N) is 2. The lowest BCUT2D eigenvalue weighted by Crippen LogP contribution is -2.37. The largest absolute Gasteiger partial charge is 1.00 e. The fraction of sp³-hybridized carbons (Fsp3) is 0.167. The first kappa shape index (κ1) is 12.8. The first-order valence-electron chi connectivity index (χ1n) is 5.01. The van der Waals surface area contributed by atoms with Gasteiger partial charge in [0.1, 0.15) is 18.9 Å². The Hall–Kier alpha value is -2.30. The van der Waals surface area contributed by atoms with E-state index < -0.39 is 6.16 Å². The molecule has 1 aromatic carbocycles. The number of carbonyl (C=O) groups is 1. The van der Waals surface area contributed by atoms with Gasteiger partial charge in [0.25, 0.3) is 0 Å². The molecule has 0 amide bonds. The highest BCUT2D eigenvalue weighted by atomic mass is 16.6. The van der Waals surface area contributed by atoms with Crippen molar-refractivity contribution >= 4 is 6.16 Å². The van der Waals surface area contributed by atoms with Crippen molar-refractivity contribution < 1.29 is 21.0 Å². The summed E-state index contributed by atoms with van der Waals surface area (Å²) < 4.78 is 4.21. The Morgan fingerprint density at radius 2 is 1.94 bits per heavy atom. The highest BCUT2D eigenvalue weighted by molar-refractivity contribution is 5.47. The molecule has 0 bridgehead atoms. The van der Waals surface area contributed by atoms with Crippen LogP contribution in [0.3, 0.4) is 0 Å². The van der Waals surface area contributed by atoms with E-state index in [0.29, 0.717) is 0 Å². The zero-order valence-electron chi connectivity index (χ0n) is 10.4. The molecule has 5 heteroatoms. The molecule has 2 aromatic rings. The second-order valence-corrected chi connectivity index (χ2v) is 3.49. The van der Waals surface area contributed by atoms with Gasteiger partial charge in [-0.15, -0.1) is 0 Å². The molecule has 0 saturated carbocycles. The van der Waals surface area contributed by atoms with Crippen LogP contribution in [-0.2, 0) is 13.6 Å². The topological polar surface area (TPSA) is 72.0 Å². The van der Waals surface area contributed by atoms with E-state index in [1.54, 1.807) is 0 Å². The Balaban J connectivity index is 0.000000512. The van der Waals surface area contributed by atoms with Gasteiger partial charge in [-0.3, -0.25) is 0 Å². The van der Waals surface area contributed by atoms with E-state index in [4.69, 9.17) is 15.0 Å². The minimum Gasteiger partial charge on any atom is -0.652 e. The van der Waals surface area contributed by atoms with Crippen LogP contribution in [0, 0.1) is 0 Å². The third-order valence-corrected chi connectivity index (χ3v) is 2.03. The van der Waals surface area contributed by atoms with E-state index in [0.717, 1.165) is 6.54 Å². The predicted molar refractivity (Wildman–Crippen MR) is 57.7 cm³/mol. The molecule has 0 aliphatic carbocycles. The van der Waals surface area contributed by atoms with Crippen LogP contribution in [-0.4, -0.2) is 10.7 Å². The molecule has 0 fully saturated rings. The molecule has 0 unspecified atom stereocenters. The Kier molecular flexibility index (Phi) is 4.75. The van der Waals surface area contributed by atoms with Crippen molar-refractivity contribution in [3.63, 3.8) is 0 Å². The maximum atomic E-state index is 8.33. The van der Waals surface area contributed by atoms with Gasteiger partial charge in [-0.05, 0) is 11.7 Å². The number of carbonyl (C=O) groups excluding carboxylic acids is 1. The number of rotatable bonds is 2. The van der Waals surface area contributed by atoms with Gasteiger partial charge in [-0.25, -0.2) is 9.13 Å². The van der Waals surface area contributed by atoms with Crippen LogP contribution in [0.25, 0.3) is 0 Å². The zero-order valence-corrected chi connectivity index (χ0v) is 9.45. The molecule has 0 aliphatic rings. The zero-order chi connectivity index (χ0) is 12.7. The Morgan fingerprint density at radius 1 is 1.35 bits per heavy atom. The molecule has 0 N–H and O–H groups in total. The number of hydrogen-bond donors (Lipinski definition) is 0. The molecule has 2 rings (SSSR count). The van der Waals surface area contributed by atoms with Gasteiger partial charge >= 0.3 is 1.43 Å². The van der Waals surface area contributed by atoms with E-state index in [1.165, 1.54) is 5.56 Å². The van der Waals surface area contributed by atoms with Crippen molar-refractivity contribution in [2.45, 2.75) is 6.54 Å². The van der Waals surface area contributed by atoms with Crippen molar-refractivity contribution in [1.29, 1.82) is 0 Å². The Bertz CT molecular complexity index is 467. The van der Waals surface area contributed by atoms with Crippen LogP contribution >= 0.6 is 0 Å². The number of aryl methyl sites for hydroxylation is 1. The van der Waals surface area contributed by atoms with Gasteiger partial charge in [0.2, 0.25) is 6.33 Å². The van der Waals surface area contributed by atoms with E-state index in [9.17, 15) is 0 Å². The second-order valence-electron chi connectivity index (χ2n) is 3.49. The molecular weight excluding hydrogens is 220 g/mol. The molecule has 0 saturated heterocycles. The number of hydrogen-bond acceptors (Lipinski definition) is 3. The molecule has 1 heterocycles. The van der Waals surface area contributed by atoms with Crippen molar-refractivity contribution in [1.82, 2.24) is 4.57 Å². The average Bonchev–Trinajstić information content (AvgIpc) is 2.65. The highest BCUT2D eigenvalue weighted by Crippen LogP contribution is 2.00. The summed E-state index contributed by atoms with van der Waals surface area (Å²) in [6.07, 6.45) is 3.86. The van der Waals surface area contributed by atoms with Crippen molar-refractivity contribution in [2.75, 3.05) is 0 Å². The normalized spacial score (nSPS) is 9.24. The second kappa shape index (κ2) is 6.32. The summed E-state index contributed by atoms with van der Waals surface area (Å²) >= 11 is 0. The Morgan fingerprint density at radius 3 is 2.41 bits per heavy atom. The molecule has 90 valence electrons. The lowest BCUT2D eigenvalue weighted by atomic mass is 10.2. The van der Waals surface area contributed by atoms with E-state index in [2.05, 4.69) is 41.4 Å². The van der Waals surface area contributed by atoms with Gasteiger partial charge in [0, 0.05) is 0 Å². The standard InChI is InChI=1S/C11H13N2.CH2O3/c1-12-7-8-13(10-12)9-11-5-3-2-4-6-11;2-1(3)4/h2-8,10H,9H2,1H3;(H2,2,3,4)/q+1;/p-1. The maximum Gasteiger partial charge on any atom is 1.00 e. The summed E-state index contributed by atoms with van der Waals surface area (Å²) in [5.41, 5.74) is 1.33. The van der Waals surface area contributed by atoms with E-state index in [1.807, 2.05) is 23.9 Å². The maximum absolute atomic E-state index is 8.33. The minimum atomic E-state index is -2.33. The van der Waals surface area contributed by atoms with E-state index in [-0.39, 0.29) is 1.43 Å². The molecule has 1 aromatic heterocycles. The van der Waals surface area contributed by atoms with Gasteiger partial charge in [-0.1, -0.05) is 30.3 Å². The number of imidazole rings is 1. The van der Waals surface area contributed by atoms with Gasteiger partial charge in [0.15, 0.2) is 0 Å². The first-order chi connectivity index (χ1) is 8.08. The molecule has 17 heavy (non-hydrogen) atoms. The van der Waals surface area contributed by atoms with Crippen LogP contribution < -0.4 is 14.8 Å². The molecule has 0 atom stereocenters. The van der Waals surface area contributed by atoms with Crippen LogP contribution in [0.4, 0.5) is 4.79 Å². The molecular formula is C12H14N2O3. The summed E-state index contributed by atoms with van der Waals surface area (Å²) in [7, 11) is 2.03. The predicted octanol–water partition coefficient (Wildman–Crippen LogP) is -0.974.